The number of sulfonamides is 1. The Hall–Kier alpha value is -1.87. The van der Waals surface area contributed by atoms with Crippen LogP contribution in [0.3, 0.4) is 0 Å². The molecule has 0 aliphatic heterocycles. The van der Waals surface area contributed by atoms with Gasteiger partial charge in [0.2, 0.25) is 10.0 Å². The minimum Gasteiger partial charge on any atom is -0.481 e. The molecule has 2 rings (SSSR count). The number of aromatic nitrogens is 1. The Labute approximate surface area is 134 Å². The molecule has 1 fully saturated rings. The monoisotopic (exact) mass is 343 g/mol. The molecule has 1 aliphatic carbocycles. The number of carbonyl (C=O) groups is 2. The number of carbonyl (C=O) groups excluding carboxylic acids is 1. The van der Waals surface area contributed by atoms with Gasteiger partial charge in [0.1, 0.15) is 10.6 Å². The number of rotatable bonds is 5. The molecule has 0 bridgehead atoms. The highest BCUT2D eigenvalue weighted by Gasteiger charge is 2.29. The third-order valence-electron chi connectivity index (χ3n) is 4.15. The van der Waals surface area contributed by atoms with Gasteiger partial charge in [-0.05, 0) is 31.7 Å². The molecule has 8 nitrogen and oxygen atoms in total. The molecule has 1 aromatic heterocycles. The maximum absolute atomic E-state index is 12.4. The minimum absolute atomic E-state index is 0.0268. The molecule has 1 saturated carbocycles. The summed E-state index contributed by atoms with van der Waals surface area (Å²) in [5.41, 5.74) is 0.252. The highest BCUT2D eigenvalue weighted by Crippen LogP contribution is 2.26. The standard InChI is InChI=1S/C14H21N3O5S/c1-15-13(18)12-7-11(8-17(12)2)23(21,22)16-10-5-3-9(4-6-10)14(19)20/h7-10,16H,3-6H2,1-2H3,(H,15,18)(H,19,20). The molecule has 0 radical (unpaired) electrons. The molecule has 1 amide bonds. The predicted molar refractivity (Wildman–Crippen MR) is 82.5 cm³/mol. The second-order valence-electron chi connectivity index (χ2n) is 5.76. The van der Waals surface area contributed by atoms with E-state index in [1.54, 1.807) is 7.05 Å². The zero-order chi connectivity index (χ0) is 17.2. The van der Waals surface area contributed by atoms with Crippen LogP contribution in [0.1, 0.15) is 36.2 Å². The van der Waals surface area contributed by atoms with E-state index in [4.69, 9.17) is 5.11 Å². The number of nitrogens with one attached hydrogen (secondary N) is 2. The largest absolute Gasteiger partial charge is 0.481 e. The summed E-state index contributed by atoms with van der Waals surface area (Å²) in [7, 11) is -0.666. The lowest BCUT2D eigenvalue weighted by Gasteiger charge is -2.26. The predicted octanol–water partition coefficient (Wildman–Crippen LogP) is 0.306. The second-order valence-corrected chi connectivity index (χ2v) is 7.47. The summed E-state index contributed by atoms with van der Waals surface area (Å²) in [5.74, 6) is -1.59. The van der Waals surface area contributed by atoms with Crippen LogP contribution in [0, 0.1) is 5.92 Å². The smallest absolute Gasteiger partial charge is 0.306 e. The molecule has 0 atom stereocenters. The lowest BCUT2D eigenvalue weighted by Crippen LogP contribution is -2.38. The lowest BCUT2D eigenvalue weighted by atomic mass is 9.87. The highest BCUT2D eigenvalue weighted by molar-refractivity contribution is 7.89. The zero-order valence-electron chi connectivity index (χ0n) is 13.1. The Morgan fingerprint density at radius 2 is 1.87 bits per heavy atom. The van der Waals surface area contributed by atoms with E-state index in [0.29, 0.717) is 25.7 Å². The molecule has 0 unspecified atom stereocenters. The lowest BCUT2D eigenvalue weighted by molar-refractivity contribution is -0.142. The number of carboxylic acid groups (broad SMARTS) is 1. The Kier molecular flexibility index (Phi) is 5.10. The fourth-order valence-electron chi connectivity index (χ4n) is 2.78. The summed E-state index contributed by atoms with van der Waals surface area (Å²) in [6.07, 6.45) is 3.29. The molecule has 3 N–H and O–H groups in total. The number of hydrogen-bond acceptors (Lipinski definition) is 4. The van der Waals surface area contributed by atoms with Crippen LogP contribution in [0.15, 0.2) is 17.2 Å². The van der Waals surface area contributed by atoms with Gasteiger partial charge in [0.05, 0.1) is 5.92 Å². The fraction of sp³-hybridized carbons (Fsp3) is 0.571. The Bertz CT molecular complexity index is 702. The Balaban J connectivity index is 2.08. The topological polar surface area (TPSA) is 118 Å². The first-order valence-electron chi connectivity index (χ1n) is 7.38. The van der Waals surface area contributed by atoms with E-state index in [0.717, 1.165) is 0 Å². The van der Waals surface area contributed by atoms with Crippen LogP contribution in [0.25, 0.3) is 0 Å². The van der Waals surface area contributed by atoms with Gasteiger partial charge < -0.3 is 15.0 Å². The van der Waals surface area contributed by atoms with Crippen molar-refractivity contribution in [3.63, 3.8) is 0 Å². The average Bonchev–Trinajstić information content (AvgIpc) is 2.89. The summed E-state index contributed by atoms with van der Waals surface area (Å²) >= 11 is 0. The van der Waals surface area contributed by atoms with Gasteiger partial charge in [-0.2, -0.15) is 0 Å². The summed E-state index contributed by atoms with van der Waals surface area (Å²) in [6, 6.07) is 1.04. The van der Waals surface area contributed by atoms with Gasteiger partial charge >= 0.3 is 5.97 Å². The molecular weight excluding hydrogens is 322 g/mol. The van der Waals surface area contributed by atoms with Crippen molar-refractivity contribution in [3.05, 3.63) is 18.0 Å². The molecule has 9 heteroatoms. The number of nitrogens with zero attached hydrogens (tertiary/aromatic N) is 1. The van der Waals surface area contributed by atoms with Crippen LogP contribution in [0.2, 0.25) is 0 Å². The third-order valence-corrected chi connectivity index (χ3v) is 5.64. The third kappa shape index (κ3) is 3.91. The van der Waals surface area contributed by atoms with Gasteiger partial charge in [0.15, 0.2) is 0 Å². The van der Waals surface area contributed by atoms with E-state index in [9.17, 15) is 18.0 Å². The first-order valence-corrected chi connectivity index (χ1v) is 8.86. The maximum Gasteiger partial charge on any atom is 0.306 e. The quantitative estimate of drug-likeness (QED) is 0.711. The molecule has 128 valence electrons. The van der Waals surface area contributed by atoms with Crippen LogP contribution in [-0.2, 0) is 21.9 Å². The van der Waals surface area contributed by atoms with Crippen molar-refractivity contribution in [2.75, 3.05) is 7.05 Å². The van der Waals surface area contributed by atoms with E-state index >= 15 is 0 Å². The van der Waals surface area contributed by atoms with Crippen molar-refractivity contribution < 1.29 is 23.1 Å². The van der Waals surface area contributed by atoms with Gasteiger partial charge in [-0.1, -0.05) is 0 Å². The number of carboxylic acids is 1. The summed E-state index contributed by atoms with van der Waals surface area (Å²) in [5, 5.41) is 11.4. The van der Waals surface area contributed by atoms with E-state index in [1.807, 2.05) is 0 Å². The van der Waals surface area contributed by atoms with Gasteiger partial charge in [0, 0.05) is 26.3 Å². The maximum atomic E-state index is 12.4. The Morgan fingerprint density at radius 3 is 2.39 bits per heavy atom. The normalized spacial score (nSPS) is 21.8. The van der Waals surface area contributed by atoms with Crippen LogP contribution >= 0.6 is 0 Å². The molecule has 0 saturated heterocycles. The zero-order valence-corrected chi connectivity index (χ0v) is 13.9. The summed E-state index contributed by atoms with van der Waals surface area (Å²) in [4.78, 5) is 22.6. The van der Waals surface area contributed by atoms with Crippen molar-refractivity contribution in [1.29, 1.82) is 0 Å². The molecule has 0 aromatic carbocycles. The number of aryl methyl sites for hydroxylation is 1. The molecular formula is C14H21N3O5S. The van der Waals surface area contributed by atoms with Crippen molar-refractivity contribution in [1.82, 2.24) is 14.6 Å². The SMILES string of the molecule is CNC(=O)c1cc(S(=O)(=O)NC2CCC(C(=O)O)CC2)cn1C. The number of hydrogen-bond donors (Lipinski definition) is 3. The van der Waals surface area contributed by atoms with Crippen molar-refractivity contribution in [2.24, 2.45) is 13.0 Å². The summed E-state index contributed by atoms with van der Waals surface area (Å²) in [6.45, 7) is 0. The van der Waals surface area contributed by atoms with Gasteiger partial charge in [-0.15, -0.1) is 0 Å². The highest BCUT2D eigenvalue weighted by atomic mass is 32.2. The second kappa shape index (κ2) is 6.71. The first kappa shape index (κ1) is 17.5. The van der Waals surface area contributed by atoms with Gasteiger partial charge in [-0.3, -0.25) is 9.59 Å². The minimum atomic E-state index is -3.74. The van der Waals surface area contributed by atoms with Crippen molar-refractivity contribution in [3.8, 4) is 0 Å². The molecule has 1 heterocycles. The molecule has 0 spiro atoms. The van der Waals surface area contributed by atoms with Crippen LogP contribution in [0.4, 0.5) is 0 Å². The molecule has 23 heavy (non-hydrogen) atoms. The van der Waals surface area contributed by atoms with Gasteiger partial charge in [0.25, 0.3) is 5.91 Å². The van der Waals surface area contributed by atoms with E-state index < -0.39 is 21.9 Å². The number of amides is 1. The molecule has 1 aliphatic rings. The van der Waals surface area contributed by atoms with Crippen molar-refractivity contribution in [2.45, 2.75) is 36.6 Å². The van der Waals surface area contributed by atoms with Gasteiger partial charge in [-0.25, -0.2) is 13.1 Å². The van der Waals surface area contributed by atoms with Crippen LogP contribution in [0.5, 0.6) is 0 Å². The molecule has 1 aromatic rings. The fourth-order valence-corrected chi connectivity index (χ4v) is 4.15. The first-order chi connectivity index (χ1) is 10.7. The van der Waals surface area contributed by atoms with E-state index in [-0.39, 0.29) is 22.5 Å². The van der Waals surface area contributed by atoms with Crippen LogP contribution in [-0.4, -0.2) is 43.1 Å². The van der Waals surface area contributed by atoms with E-state index in [1.165, 1.54) is 23.9 Å². The number of aliphatic carboxylic acids is 1. The average molecular weight is 343 g/mol. The van der Waals surface area contributed by atoms with E-state index in [2.05, 4.69) is 10.0 Å². The summed E-state index contributed by atoms with van der Waals surface area (Å²) < 4.78 is 28.9. The van der Waals surface area contributed by atoms with Crippen LogP contribution < -0.4 is 10.0 Å². The van der Waals surface area contributed by atoms with Crippen molar-refractivity contribution >= 4 is 21.9 Å². The Morgan fingerprint density at radius 1 is 1.26 bits per heavy atom.